The van der Waals surface area contributed by atoms with Gasteiger partial charge in [0.15, 0.2) is 0 Å². The van der Waals surface area contributed by atoms with Gasteiger partial charge in [-0.05, 0) is 31.0 Å². The molecule has 0 radical (unpaired) electrons. The summed E-state index contributed by atoms with van der Waals surface area (Å²) < 4.78 is 41.3. The van der Waals surface area contributed by atoms with Crippen LogP contribution >= 0.6 is 0 Å². The van der Waals surface area contributed by atoms with Gasteiger partial charge in [0.1, 0.15) is 12.4 Å². The maximum Gasteiger partial charge on any atom is 0.301 e. The summed E-state index contributed by atoms with van der Waals surface area (Å²) in [6.07, 6.45) is 1.69. The number of hydrogen-bond donors (Lipinski definition) is 2. The van der Waals surface area contributed by atoms with Crippen molar-refractivity contribution in [2.24, 2.45) is 0 Å². The molecule has 0 aromatic heterocycles. The molecule has 1 saturated heterocycles. The van der Waals surface area contributed by atoms with Crippen LogP contribution in [-0.4, -0.2) is 37.5 Å². The van der Waals surface area contributed by atoms with Gasteiger partial charge in [-0.2, -0.15) is 12.7 Å². The van der Waals surface area contributed by atoms with Crippen LogP contribution in [-0.2, 0) is 10.2 Å². The minimum Gasteiger partial charge on any atom is -0.384 e. The second-order valence-electron chi connectivity index (χ2n) is 4.37. The van der Waals surface area contributed by atoms with E-state index in [2.05, 4.69) is 16.6 Å². The molecule has 0 bridgehead atoms. The molecule has 0 saturated carbocycles. The highest BCUT2D eigenvalue weighted by atomic mass is 32.2. The van der Waals surface area contributed by atoms with Crippen molar-refractivity contribution in [2.45, 2.75) is 12.8 Å². The molecular formula is C13H15FN2O3S. The van der Waals surface area contributed by atoms with Crippen molar-refractivity contribution in [3.63, 3.8) is 0 Å². The van der Waals surface area contributed by atoms with Gasteiger partial charge in [0, 0.05) is 13.1 Å². The van der Waals surface area contributed by atoms with Crippen LogP contribution in [0.5, 0.6) is 0 Å². The first-order valence-electron chi connectivity index (χ1n) is 6.20. The molecule has 0 atom stereocenters. The summed E-state index contributed by atoms with van der Waals surface area (Å²) in [4.78, 5) is 0. The second-order valence-corrected chi connectivity index (χ2v) is 6.04. The van der Waals surface area contributed by atoms with E-state index in [1.165, 1.54) is 16.4 Å². The average Bonchev–Trinajstić information content (AvgIpc) is 2.94. The van der Waals surface area contributed by atoms with E-state index in [0.29, 0.717) is 13.1 Å². The van der Waals surface area contributed by atoms with Gasteiger partial charge >= 0.3 is 10.2 Å². The average molecular weight is 298 g/mol. The molecule has 1 aliphatic heterocycles. The Hall–Kier alpha value is -1.62. The number of benzene rings is 1. The Bertz CT molecular complexity index is 643. The van der Waals surface area contributed by atoms with Crippen molar-refractivity contribution in [1.29, 1.82) is 0 Å². The lowest BCUT2D eigenvalue weighted by atomic mass is 10.2. The molecule has 2 rings (SSSR count). The van der Waals surface area contributed by atoms with Gasteiger partial charge in [-0.3, -0.25) is 4.72 Å². The highest BCUT2D eigenvalue weighted by Gasteiger charge is 2.25. The third-order valence-corrected chi connectivity index (χ3v) is 4.46. The van der Waals surface area contributed by atoms with Gasteiger partial charge in [-0.15, -0.1) is 0 Å². The third-order valence-electron chi connectivity index (χ3n) is 2.92. The topological polar surface area (TPSA) is 69.6 Å². The van der Waals surface area contributed by atoms with E-state index >= 15 is 0 Å². The van der Waals surface area contributed by atoms with E-state index in [4.69, 9.17) is 5.11 Å². The summed E-state index contributed by atoms with van der Waals surface area (Å²) in [7, 11) is -3.60. The van der Waals surface area contributed by atoms with Gasteiger partial charge in [0.2, 0.25) is 0 Å². The largest absolute Gasteiger partial charge is 0.384 e. The Morgan fingerprint density at radius 2 is 2.05 bits per heavy atom. The molecule has 0 unspecified atom stereocenters. The Balaban J connectivity index is 2.21. The number of anilines is 1. The Morgan fingerprint density at radius 1 is 1.35 bits per heavy atom. The predicted octanol–water partition coefficient (Wildman–Crippen LogP) is 0.922. The molecule has 5 nitrogen and oxygen atoms in total. The van der Waals surface area contributed by atoms with Crippen LogP contribution < -0.4 is 4.72 Å². The molecule has 0 amide bonds. The summed E-state index contributed by atoms with van der Waals surface area (Å²) in [5.41, 5.74) is 0.293. The van der Waals surface area contributed by atoms with E-state index < -0.39 is 16.0 Å². The molecule has 1 aliphatic rings. The molecule has 108 valence electrons. The van der Waals surface area contributed by atoms with Crippen LogP contribution in [0.25, 0.3) is 0 Å². The molecular weight excluding hydrogens is 283 g/mol. The fourth-order valence-corrected chi connectivity index (χ4v) is 3.25. The van der Waals surface area contributed by atoms with Crippen molar-refractivity contribution < 1.29 is 17.9 Å². The first-order chi connectivity index (χ1) is 9.53. The third kappa shape index (κ3) is 3.48. The van der Waals surface area contributed by atoms with Gasteiger partial charge in [0.25, 0.3) is 0 Å². The molecule has 1 heterocycles. The molecule has 2 N–H and O–H groups in total. The standard InChI is InChI=1S/C13H15FN2O3S/c14-13-6-5-12(10-11(13)4-3-9-17)15-20(18,19)16-7-1-2-8-16/h5-6,10,15,17H,1-2,7-9H2. The lowest BCUT2D eigenvalue weighted by Gasteiger charge is -2.17. The molecule has 0 aliphatic carbocycles. The monoisotopic (exact) mass is 298 g/mol. The molecule has 7 heteroatoms. The van der Waals surface area contributed by atoms with Gasteiger partial charge in [-0.1, -0.05) is 11.8 Å². The second kappa shape index (κ2) is 6.22. The zero-order valence-corrected chi connectivity index (χ0v) is 11.6. The quantitative estimate of drug-likeness (QED) is 0.815. The van der Waals surface area contributed by atoms with Crippen LogP contribution in [0.2, 0.25) is 0 Å². The van der Waals surface area contributed by atoms with Gasteiger partial charge in [-0.25, -0.2) is 4.39 Å². The fourth-order valence-electron chi connectivity index (χ4n) is 1.96. The number of nitrogens with zero attached hydrogens (tertiary/aromatic N) is 1. The summed E-state index contributed by atoms with van der Waals surface area (Å²) in [5, 5.41) is 8.60. The van der Waals surface area contributed by atoms with Crippen molar-refractivity contribution in [3.8, 4) is 11.8 Å². The maximum absolute atomic E-state index is 13.5. The van der Waals surface area contributed by atoms with E-state index in [9.17, 15) is 12.8 Å². The Labute approximate surface area is 117 Å². The highest BCUT2D eigenvalue weighted by Crippen LogP contribution is 2.19. The molecule has 1 aromatic rings. The number of hydrogen-bond acceptors (Lipinski definition) is 3. The summed E-state index contributed by atoms with van der Waals surface area (Å²) in [5.74, 6) is 4.20. The Morgan fingerprint density at radius 3 is 2.70 bits per heavy atom. The lowest BCUT2D eigenvalue weighted by Crippen LogP contribution is -2.33. The van der Waals surface area contributed by atoms with E-state index in [1.807, 2.05) is 0 Å². The fraction of sp³-hybridized carbons (Fsp3) is 0.385. The smallest absolute Gasteiger partial charge is 0.301 e. The molecule has 20 heavy (non-hydrogen) atoms. The van der Waals surface area contributed by atoms with Crippen LogP contribution in [0, 0.1) is 17.7 Å². The Kier molecular flexibility index (Phi) is 4.60. The zero-order chi connectivity index (χ0) is 14.6. The zero-order valence-electron chi connectivity index (χ0n) is 10.8. The maximum atomic E-state index is 13.5. The number of aliphatic hydroxyl groups is 1. The molecule has 0 spiro atoms. The number of rotatable bonds is 3. The normalized spacial score (nSPS) is 15.7. The van der Waals surface area contributed by atoms with E-state index in [1.54, 1.807) is 0 Å². The molecule has 1 fully saturated rings. The van der Waals surface area contributed by atoms with Crippen LogP contribution in [0.3, 0.4) is 0 Å². The summed E-state index contributed by atoms with van der Waals surface area (Å²) in [6, 6.07) is 3.79. The first-order valence-corrected chi connectivity index (χ1v) is 7.64. The van der Waals surface area contributed by atoms with Crippen LogP contribution in [0.1, 0.15) is 18.4 Å². The minimum atomic E-state index is -3.60. The number of aliphatic hydroxyl groups excluding tert-OH is 1. The minimum absolute atomic E-state index is 0.0423. The highest BCUT2D eigenvalue weighted by molar-refractivity contribution is 7.90. The number of halogens is 1. The number of nitrogens with one attached hydrogen (secondary N) is 1. The first kappa shape index (κ1) is 14.8. The summed E-state index contributed by atoms with van der Waals surface area (Å²) >= 11 is 0. The van der Waals surface area contributed by atoms with Crippen molar-refractivity contribution in [2.75, 3.05) is 24.4 Å². The summed E-state index contributed by atoms with van der Waals surface area (Å²) in [6.45, 7) is 0.602. The van der Waals surface area contributed by atoms with Crippen LogP contribution in [0.15, 0.2) is 18.2 Å². The van der Waals surface area contributed by atoms with E-state index in [0.717, 1.165) is 18.9 Å². The predicted molar refractivity (Wildman–Crippen MR) is 73.7 cm³/mol. The van der Waals surface area contributed by atoms with Gasteiger partial charge in [0.05, 0.1) is 11.3 Å². The van der Waals surface area contributed by atoms with Gasteiger partial charge < -0.3 is 5.11 Å². The molecule has 1 aromatic carbocycles. The van der Waals surface area contributed by atoms with Crippen molar-refractivity contribution >= 4 is 15.9 Å². The van der Waals surface area contributed by atoms with Crippen molar-refractivity contribution in [3.05, 3.63) is 29.6 Å². The SMILES string of the molecule is O=S(=O)(Nc1ccc(F)c(C#CCO)c1)N1CCCC1. The van der Waals surface area contributed by atoms with Crippen molar-refractivity contribution in [1.82, 2.24) is 4.31 Å². The van der Waals surface area contributed by atoms with Crippen LogP contribution in [0.4, 0.5) is 10.1 Å². The van der Waals surface area contributed by atoms with E-state index in [-0.39, 0.29) is 17.9 Å². The lowest BCUT2D eigenvalue weighted by molar-refractivity contribution is 0.350.